The highest BCUT2D eigenvalue weighted by molar-refractivity contribution is 6.32. The summed E-state index contributed by atoms with van der Waals surface area (Å²) in [5.41, 5.74) is 6.17. The third-order valence-corrected chi connectivity index (χ3v) is 2.47. The maximum Gasteiger partial charge on any atom is 0.188 e. The summed E-state index contributed by atoms with van der Waals surface area (Å²) in [6.07, 6.45) is 1.29. The summed E-state index contributed by atoms with van der Waals surface area (Å²) in [6, 6.07) is 0. The van der Waals surface area contributed by atoms with Crippen molar-refractivity contribution in [3.8, 4) is 11.4 Å². The van der Waals surface area contributed by atoms with E-state index in [1.807, 2.05) is 0 Å². The lowest BCUT2D eigenvalue weighted by Crippen LogP contribution is -2.00. The van der Waals surface area contributed by atoms with Gasteiger partial charge in [0.15, 0.2) is 11.6 Å². The fourth-order valence-electron chi connectivity index (χ4n) is 1.36. The van der Waals surface area contributed by atoms with Crippen LogP contribution in [0.2, 0.25) is 5.15 Å². The highest BCUT2D eigenvalue weighted by Crippen LogP contribution is 2.27. The summed E-state index contributed by atoms with van der Waals surface area (Å²) in [5.74, 6) is 1.31. The Labute approximate surface area is 103 Å². The molecule has 0 fully saturated rings. The molecule has 0 saturated heterocycles. The standard InChI is InChI=1S/C9H11ClN6O/c1-16-5(3-17-2)14-9(15-16)6-7(10)12-4-13-8(6)11/h4H,3H2,1-2H3,(H2,11,12,13). The molecule has 0 aliphatic rings. The lowest BCUT2D eigenvalue weighted by Gasteiger charge is -2.00. The quantitative estimate of drug-likeness (QED) is 0.809. The Kier molecular flexibility index (Phi) is 3.21. The lowest BCUT2D eigenvalue weighted by atomic mass is 10.3. The molecule has 0 radical (unpaired) electrons. The van der Waals surface area contributed by atoms with Crippen molar-refractivity contribution in [2.45, 2.75) is 6.61 Å². The van der Waals surface area contributed by atoms with Crippen LogP contribution in [-0.2, 0) is 18.4 Å². The number of methoxy groups -OCH3 is 1. The Balaban J connectivity index is 2.50. The van der Waals surface area contributed by atoms with Gasteiger partial charge in [-0.25, -0.2) is 15.0 Å². The van der Waals surface area contributed by atoms with Crippen LogP contribution >= 0.6 is 11.6 Å². The van der Waals surface area contributed by atoms with Crippen molar-refractivity contribution in [2.75, 3.05) is 12.8 Å². The van der Waals surface area contributed by atoms with Crippen molar-refractivity contribution < 1.29 is 4.74 Å². The Bertz CT molecular complexity index is 520. The minimum Gasteiger partial charge on any atom is -0.383 e. The van der Waals surface area contributed by atoms with Gasteiger partial charge >= 0.3 is 0 Å². The zero-order chi connectivity index (χ0) is 12.4. The molecule has 7 nitrogen and oxygen atoms in total. The van der Waals surface area contributed by atoms with Crippen molar-refractivity contribution in [2.24, 2.45) is 7.05 Å². The van der Waals surface area contributed by atoms with Crippen LogP contribution in [0.25, 0.3) is 11.4 Å². The number of nitrogens with two attached hydrogens (primary N) is 1. The number of hydrogen-bond acceptors (Lipinski definition) is 6. The van der Waals surface area contributed by atoms with Gasteiger partial charge < -0.3 is 10.5 Å². The molecule has 2 heterocycles. The van der Waals surface area contributed by atoms with Gasteiger partial charge in [0.25, 0.3) is 0 Å². The van der Waals surface area contributed by atoms with E-state index in [1.54, 1.807) is 18.8 Å². The van der Waals surface area contributed by atoms with E-state index in [0.29, 0.717) is 23.8 Å². The second-order valence-electron chi connectivity index (χ2n) is 3.33. The van der Waals surface area contributed by atoms with Gasteiger partial charge in [-0.05, 0) is 0 Å². The Morgan fingerprint density at radius 3 is 2.88 bits per heavy atom. The molecule has 0 aliphatic carbocycles. The number of ether oxygens (including phenoxy) is 1. The number of halogens is 1. The second kappa shape index (κ2) is 4.64. The molecule has 2 N–H and O–H groups in total. The molecule has 0 aliphatic heterocycles. The fraction of sp³-hybridized carbons (Fsp3) is 0.333. The zero-order valence-corrected chi connectivity index (χ0v) is 10.1. The van der Waals surface area contributed by atoms with Gasteiger partial charge in [0, 0.05) is 14.2 Å². The van der Waals surface area contributed by atoms with E-state index in [1.165, 1.54) is 6.33 Å². The minimum atomic E-state index is 0.229. The molecule has 17 heavy (non-hydrogen) atoms. The van der Waals surface area contributed by atoms with E-state index in [2.05, 4.69) is 20.1 Å². The summed E-state index contributed by atoms with van der Waals surface area (Å²) in [4.78, 5) is 12.0. The molecule has 0 saturated carbocycles. The predicted octanol–water partition coefficient (Wildman–Crippen LogP) is 0.654. The third kappa shape index (κ3) is 2.20. The van der Waals surface area contributed by atoms with Gasteiger partial charge in [-0.1, -0.05) is 11.6 Å². The molecule has 0 aromatic carbocycles. The van der Waals surface area contributed by atoms with Gasteiger partial charge in [0.2, 0.25) is 0 Å². The van der Waals surface area contributed by atoms with E-state index in [4.69, 9.17) is 22.1 Å². The minimum absolute atomic E-state index is 0.229. The Morgan fingerprint density at radius 2 is 2.24 bits per heavy atom. The zero-order valence-electron chi connectivity index (χ0n) is 9.38. The highest BCUT2D eigenvalue weighted by atomic mass is 35.5. The molecular formula is C9H11ClN6O. The summed E-state index contributed by atoms with van der Waals surface area (Å²) in [6.45, 7) is 0.356. The molecule has 0 spiro atoms. The van der Waals surface area contributed by atoms with Crippen molar-refractivity contribution in [1.29, 1.82) is 0 Å². The van der Waals surface area contributed by atoms with E-state index < -0.39 is 0 Å². The van der Waals surface area contributed by atoms with Crippen LogP contribution < -0.4 is 5.73 Å². The van der Waals surface area contributed by atoms with E-state index in [9.17, 15) is 0 Å². The average molecular weight is 255 g/mol. The highest BCUT2D eigenvalue weighted by Gasteiger charge is 2.16. The van der Waals surface area contributed by atoms with Gasteiger partial charge in [0.1, 0.15) is 29.5 Å². The van der Waals surface area contributed by atoms with Crippen molar-refractivity contribution in [3.05, 3.63) is 17.3 Å². The number of anilines is 1. The van der Waals surface area contributed by atoms with Gasteiger partial charge in [-0.2, -0.15) is 5.10 Å². The second-order valence-corrected chi connectivity index (χ2v) is 3.69. The lowest BCUT2D eigenvalue weighted by molar-refractivity contribution is 0.174. The number of rotatable bonds is 3. The SMILES string of the molecule is COCc1nc(-c2c(N)ncnc2Cl)nn1C. The molecule has 8 heteroatoms. The number of nitrogens with zero attached hydrogens (tertiary/aromatic N) is 5. The summed E-state index contributed by atoms with van der Waals surface area (Å²) in [7, 11) is 3.35. The average Bonchev–Trinajstić information content (AvgIpc) is 2.60. The Hall–Kier alpha value is -1.73. The molecule has 2 aromatic rings. The topological polar surface area (TPSA) is 91.7 Å². The molecular weight excluding hydrogens is 244 g/mol. The van der Waals surface area contributed by atoms with Crippen LogP contribution in [0.4, 0.5) is 5.82 Å². The number of hydrogen-bond donors (Lipinski definition) is 1. The fourth-order valence-corrected chi connectivity index (χ4v) is 1.59. The first-order valence-corrected chi connectivity index (χ1v) is 5.16. The van der Waals surface area contributed by atoms with Crippen LogP contribution in [-0.4, -0.2) is 31.8 Å². The van der Waals surface area contributed by atoms with Crippen molar-refractivity contribution in [1.82, 2.24) is 24.7 Å². The van der Waals surface area contributed by atoms with E-state index in [-0.39, 0.29) is 11.0 Å². The van der Waals surface area contributed by atoms with E-state index in [0.717, 1.165) is 0 Å². The number of aryl methyl sites for hydroxylation is 1. The van der Waals surface area contributed by atoms with Crippen molar-refractivity contribution >= 4 is 17.4 Å². The van der Waals surface area contributed by atoms with Crippen LogP contribution in [0, 0.1) is 0 Å². The van der Waals surface area contributed by atoms with Crippen LogP contribution in [0.15, 0.2) is 6.33 Å². The van der Waals surface area contributed by atoms with Gasteiger partial charge in [-0.15, -0.1) is 0 Å². The first kappa shape index (κ1) is 11.7. The molecule has 0 unspecified atom stereocenters. The normalized spacial score (nSPS) is 10.8. The largest absolute Gasteiger partial charge is 0.383 e. The summed E-state index contributed by atoms with van der Waals surface area (Å²) < 4.78 is 6.60. The molecule has 0 atom stereocenters. The van der Waals surface area contributed by atoms with E-state index >= 15 is 0 Å². The van der Waals surface area contributed by atoms with Gasteiger partial charge in [-0.3, -0.25) is 4.68 Å². The Morgan fingerprint density at radius 1 is 1.47 bits per heavy atom. The number of aromatic nitrogens is 5. The summed E-state index contributed by atoms with van der Waals surface area (Å²) >= 11 is 5.95. The number of nitrogen functional groups attached to an aromatic ring is 1. The maximum atomic E-state index is 5.95. The molecule has 90 valence electrons. The maximum absolute atomic E-state index is 5.95. The smallest absolute Gasteiger partial charge is 0.188 e. The molecule has 0 amide bonds. The molecule has 2 rings (SSSR count). The monoisotopic (exact) mass is 254 g/mol. The van der Waals surface area contributed by atoms with Crippen LogP contribution in [0.5, 0.6) is 0 Å². The molecule has 2 aromatic heterocycles. The predicted molar refractivity (Wildman–Crippen MR) is 62.2 cm³/mol. The van der Waals surface area contributed by atoms with Crippen LogP contribution in [0.1, 0.15) is 5.82 Å². The summed E-state index contributed by atoms with van der Waals surface area (Å²) in [5, 5.41) is 4.43. The molecule has 0 bridgehead atoms. The first-order chi connectivity index (χ1) is 8.13. The van der Waals surface area contributed by atoms with Crippen molar-refractivity contribution in [3.63, 3.8) is 0 Å². The van der Waals surface area contributed by atoms with Gasteiger partial charge in [0.05, 0.1) is 0 Å². The third-order valence-electron chi connectivity index (χ3n) is 2.18. The van der Waals surface area contributed by atoms with Crippen LogP contribution in [0.3, 0.4) is 0 Å². The first-order valence-electron chi connectivity index (χ1n) is 4.78.